The first-order valence-electron chi connectivity index (χ1n) is 9.93. The third-order valence-corrected chi connectivity index (χ3v) is 5.81. The van der Waals surface area contributed by atoms with Crippen LogP contribution < -0.4 is 9.46 Å². The smallest absolute Gasteiger partial charge is 0.269 e. The van der Waals surface area contributed by atoms with Gasteiger partial charge in [0.2, 0.25) is 5.88 Å². The Morgan fingerprint density at radius 1 is 0.806 bits per heavy atom. The van der Waals surface area contributed by atoms with E-state index in [0.717, 1.165) is 16.7 Å². The van der Waals surface area contributed by atoms with Crippen LogP contribution in [-0.2, 0) is 11.4 Å². The number of benzene rings is 3. The molecule has 0 bridgehead atoms. The number of rotatable bonds is 6. The minimum atomic E-state index is -1.50. The standard InChI is InChI=1S/C25H23N3O2S/c1-17-14-18(2)24(19(3)15-17)22-16-23(30-20-10-6-4-7-11-20)27-25(26-22)28-31(29)21-12-8-5-9-13-21/h4-16H,1-3H3,(H,26,27,28). The molecule has 0 radical (unpaired) electrons. The van der Waals surface area contributed by atoms with Gasteiger partial charge in [0.1, 0.15) is 17.1 Å². The van der Waals surface area contributed by atoms with Crippen molar-refractivity contribution in [3.05, 3.63) is 95.6 Å². The maximum atomic E-state index is 12.8. The molecule has 0 aliphatic heterocycles. The molecule has 1 heterocycles. The van der Waals surface area contributed by atoms with Crippen molar-refractivity contribution >= 4 is 17.3 Å². The summed E-state index contributed by atoms with van der Waals surface area (Å²) in [6.07, 6.45) is 0. The van der Waals surface area contributed by atoms with Crippen molar-refractivity contribution < 1.29 is 9.29 Å². The molecule has 0 amide bonds. The van der Waals surface area contributed by atoms with Crippen molar-refractivity contribution in [1.29, 1.82) is 0 Å². The van der Waals surface area contributed by atoms with E-state index >= 15 is 0 Å². The van der Waals surface area contributed by atoms with Crippen LogP contribution in [-0.4, -0.2) is 14.5 Å². The molecule has 156 valence electrons. The minimum absolute atomic E-state index is 0.241. The maximum Gasteiger partial charge on any atom is 0.269 e. The molecule has 31 heavy (non-hydrogen) atoms. The lowest BCUT2D eigenvalue weighted by atomic mass is 9.97. The van der Waals surface area contributed by atoms with Gasteiger partial charge in [0.25, 0.3) is 5.95 Å². The molecule has 1 unspecified atom stereocenters. The van der Waals surface area contributed by atoms with Crippen LogP contribution in [0.25, 0.3) is 11.3 Å². The van der Waals surface area contributed by atoms with Gasteiger partial charge in [0, 0.05) is 11.6 Å². The Labute approximate surface area is 185 Å². The molecule has 0 saturated heterocycles. The van der Waals surface area contributed by atoms with Gasteiger partial charge < -0.3 is 9.29 Å². The molecular formula is C25H23N3O2S. The van der Waals surface area contributed by atoms with Crippen molar-refractivity contribution in [1.82, 2.24) is 9.97 Å². The molecule has 0 fully saturated rings. The Kier molecular flexibility index (Phi) is 6.21. The second-order valence-electron chi connectivity index (χ2n) is 7.29. The highest BCUT2D eigenvalue weighted by molar-refractivity contribution is 7.92. The van der Waals surface area contributed by atoms with E-state index in [1.54, 1.807) is 12.1 Å². The first-order valence-corrected chi connectivity index (χ1v) is 11.1. The summed E-state index contributed by atoms with van der Waals surface area (Å²) < 4.78 is 21.7. The zero-order valence-corrected chi connectivity index (χ0v) is 18.4. The number of hydrogen-bond donors (Lipinski definition) is 1. The molecule has 4 aromatic rings. The van der Waals surface area contributed by atoms with E-state index in [-0.39, 0.29) is 5.95 Å². The van der Waals surface area contributed by atoms with Gasteiger partial charge in [-0.3, -0.25) is 0 Å². The van der Waals surface area contributed by atoms with E-state index in [1.165, 1.54) is 5.56 Å². The molecule has 1 aromatic heterocycles. The van der Waals surface area contributed by atoms with E-state index in [9.17, 15) is 4.55 Å². The predicted octanol–water partition coefficient (Wildman–Crippen LogP) is 6.00. The zero-order valence-electron chi connectivity index (χ0n) is 17.6. The van der Waals surface area contributed by atoms with E-state index in [1.807, 2.05) is 54.6 Å². The van der Waals surface area contributed by atoms with Crippen LogP contribution in [0.3, 0.4) is 0 Å². The molecule has 1 atom stereocenters. The van der Waals surface area contributed by atoms with Crippen molar-refractivity contribution in [3.8, 4) is 22.9 Å². The van der Waals surface area contributed by atoms with Gasteiger partial charge in [-0.05, 0) is 56.2 Å². The molecule has 5 nitrogen and oxygen atoms in total. The summed E-state index contributed by atoms with van der Waals surface area (Å²) in [6, 6.07) is 24.7. The number of aromatic nitrogens is 2. The first-order chi connectivity index (χ1) is 15.0. The lowest BCUT2D eigenvalue weighted by Crippen LogP contribution is -2.15. The van der Waals surface area contributed by atoms with Crippen molar-refractivity contribution in [2.45, 2.75) is 25.7 Å². The van der Waals surface area contributed by atoms with E-state index in [0.29, 0.717) is 22.2 Å². The Hall–Kier alpha value is -3.35. The largest absolute Gasteiger partial charge is 0.588 e. The van der Waals surface area contributed by atoms with Crippen molar-refractivity contribution in [3.63, 3.8) is 0 Å². The average Bonchev–Trinajstić information content (AvgIpc) is 2.74. The second kappa shape index (κ2) is 9.20. The highest BCUT2D eigenvalue weighted by atomic mass is 32.2. The topological polar surface area (TPSA) is 70.1 Å². The predicted molar refractivity (Wildman–Crippen MR) is 125 cm³/mol. The van der Waals surface area contributed by atoms with Crippen LogP contribution in [0.1, 0.15) is 16.7 Å². The van der Waals surface area contributed by atoms with Gasteiger partial charge in [-0.15, -0.1) is 0 Å². The molecule has 4 rings (SSSR count). The second-order valence-corrected chi connectivity index (χ2v) is 8.50. The molecule has 6 heteroatoms. The summed E-state index contributed by atoms with van der Waals surface area (Å²) in [4.78, 5) is 9.77. The Morgan fingerprint density at radius 3 is 2.06 bits per heavy atom. The number of nitrogens with one attached hydrogen (secondary N) is 1. The number of hydrogen-bond acceptors (Lipinski definition) is 5. The first kappa shape index (κ1) is 20.9. The monoisotopic (exact) mass is 429 g/mol. The van der Waals surface area contributed by atoms with E-state index in [4.69, 9.17) is 4.74 Å². The minimum Gasteiger partial charge on any atom is -0.588 e. The highest BCUT2D eigenvalue weighted by Crippen LogP contribution is 2.31. The van der Waals surface area contributed by atoms with Crippen LogP contribution in [0.2, 0.25) is 0 Å². The Balaban J connectivity index is 1.75. The fraction of sp³-hybridized carbons (Fsp3) is 0.120. The summed E-state index contributed by atoms with van der Waals surface area (Å²) in [7, 11) is 0. The molecule has 3 aromatic carbocycles. The Bertz CT molecular complexity index is 1160. The molecule has 1 N–H and O–H groups in total. The molecular weight excluding hydrogens is 406 g/mol. The summed E-state index contributed by atoms with van der Waals surface area (Å²) >= 11 is -1.50. The van der Waals surface area contributed by atoms with Gasteiger partial charge in [-0.2, -0.15) is 9.71 Å². The number of anilines is 1. The summed E-state index contributed by atoms with van der Waals surface area (Å²) in [5.41, 5.74) is 5.13. The van der Waals surface area contributed by atoms with Crippen LogP contribution in [0.15, 0.2) is 83.8 Å². The maximum absolute atomic E-state index is 12.8. The summed E-state index contributed by atoms with van der Waals surface area (Å²) in [5, 5.41) is 0. The van der Waals surface area contributed by atoms with Gasteiger partial charge >= 0.3 is 0 Å². The quantitative estimate of drug-likeness (QED) is 0.381. The molecule has 0 spiro atoms. The molecule has 0 aliphatic carbocycles. The molecule has 0 saturated carbocycles. The average molecular weight is 430 g/mol. The lowest BCUT2D eigenvalue weighted by Gasteiger charge is -2.15. The van der Waals surface area contributed by atoms with E-state index < -0.39 is 11.4 Å². The van der Waals surface area contributed by atoms with Gasteiger partial charge in [0.15, 0.2) is 4.90 Å². The molecule has 0 aliphatic rings. The van der Waals surface area contributed by atoms with Crippen LogP contribution >= 0.6 is 0 Å². The fourth-order valence-electron chi connectivity index (χ4n) is 3.53. The van der Waals surface area contributed by atoms with Crippen LogP contribution in [0.4, 0.5) is 5.95 Å². The third-order valence-electron chi connectivity index (χ3n) is 4.74. The highest BCUT2D eigenvalue weighted by Gasteiger charge is 2.17. The van der Waals surface area contributed by atoms with Crippen molar-refractivity contribution in [2.24, 2.45) is 0 Å². The fourth-order valence-corrected chi connectivity index (χ4v) is 4.31. The normalized spacial score (nSPS) is 11.7. The van der Waals surface area contributed by atoms with Crippen LogP contribution in [0, 0.1) is 20.8 Å². The van der Waals surface area contributed by atoms with Gasteiger partial charge in [0.05, 0.1) is 5.69 Å². The number of nitrogens with zero attached hydrogens (tertiary/aromatic N) is 2. The number of para-hydroxylation sites is 1. The third kappa shape index (κ3) is 5.05. The van der Waals surface area contributed by atoms with Crippen LogP contribution in [0.5, 0.6) is 11.6 Å². The van der Waals surface area contributed by atoms with E-state index in [2.05, 4.69) is 47.6 Å². The van der Waals surface area contributed by atoms with Crippen molar-refractivity contribution in [2.75, 3.05) is 4.72 Å². The lowest BCUT2D eigenvalue weighted by molar-refractivity contribution is 0.463. The summed E-state index contributed by atoms with van der Waals surface area (Å²) in [5.74, 6) is 1.28. The number of aryl methyl sites for hydroxylation is 3. The van der Waals surface area contributed by atoms with Gasteiger partial charge in [-0.25, -0.2) is 4.98 Å². The summed E-state index contributed by atoms with van der Waals surface area (Å²) in [6.45, 7) is 6.19. The van der Waals surface area contributed by atoms with Gasteiger partial charge in [-0.1, -0.05) is 54.1 Å². The SMILES string of the molecule is Cc1cc(C)c(-c2cc(Oc3ccccc3)nc(N[S+]([O-])c3ccccc3)n2)c(C)c1. The Morgan fingerprint density at radius 2 is 1.42 bits per heavy atom. The number of ether oxygens (including phenoxy) is 1. The zero-order chi connectivity index (χ0) is 21.8.